The molecule has 0 bridgehead atoms. The van der Waals surface area contributed by atoms with E-state index in [2.05, 4.69) is 0 Å². The molecule has 1 saturated heterocycles. The van der Waals surface area contributed by atoms with Crippen LogP contribution in [0.2, 0.25) is 0 Å². The van der Waals surface area contributed by atoms with Crippen molar-refractivity contribution in [3.63, 3.8) is 0 Å². The number of piperidine rings is 1. The van der Waals surface area contributed by atoms with Gasteiger partial charge in [-0.1, -0.05) is 0 Å². The number of amides is 1. The molecule has 6 heteroatoms. The van der Waals surface area contributed by atoms with Crippen LogP contribution in [0.3, 0.4) is 0 Å². The number of aliphatic hydroxyl groups is 1. The van der Waals surface area contributed by atoms with Gasteiger partial charge in [0.2, 0.25) is 0 Å². The van der Waals surface area contributed by atoms with Crippen LogP contribution < -0.4 is 5.73 Å². The molecule has 1 aliphatic heterocycles. The highest BCUT2D eigenvalue weighted by molar-refractivity contribution is 5.85. The number of ether oxygens (including phenoxy) is 1. The van der Waals surface area contributed by atoms with Gasteiger partial charge in [0, 0.05) is 31.7 Å². The molecule has 2 atom stereocenters. The predicted molar refractivity (Wildman–Crippen MR) is 68.2 cm³/mol. The van der Waals surface area contributed by atoms with Crippen LogP contribution in [0, 0.1) is 5.92 Å². The van der Waals surface area contributed by atoms with Crippen LogP contribution in [0.1, 0.15) is 27.2 Å². The van der Waals surface area contributed by atoms with E-state index in [1.165, 1.54) is 0 Å². The first-order valence-corrected chi connectivity index (χ1v) is 5.68. The van der Waals surface area contributed by atoms with Crippen molar-refractivity contribution >= 4 is 18.5 Å². The fourth-order valence-electron chi connectivity index (χ4n) is 1.74. The van der Waals surface area contributed by atoms with E-state index in [4.69, 9.17) is 15.6 Å². The molecular formula is C11H23ClN2O3. The van der Waals surface area contributed by atoms with Crippen molar-refractivity contribution in [3.8, 4) is 0 Å². The van der Waals surface area contributed by atoms with Crippen LogP contribution in [0.4, 0.5) is 4.79 Å². The summed E-state index contributed by atoms with van der Waals surface area (Å²) < 4.78 is 5.27. The van der Waals surface area contributed by atoms with Gasteiger partial charge in [-0.2, -0.15) is 0 Å². The third-order valence-corrected chi connectivity index (χ3v) is 2.68. The summed E-state index contributed by atoms with van der Waals surface area (Å²) in [6, 6.07) is -0.0244. The average molecular weight is 267 g/mol. The molecule has 1 rings (SSSR count). The first-order valence-electron chi connectivity index (χ1n) is 5.68. The summed E-state index contributed by atoms with van der Waals surface area (Å²) in [5, 5.41) is 9.13. The largest absolute Gasteiger partial charge is 0.444 e. The number of carbonyl (C=O) groups is 1. The van der Waals surface area contributed by atoms with Crippen molar-refractivity contribution in [3.05, 3.63) is 0 Å². The molecule has 3 N–H and O–H groups in total. The Hall–Kier alpha value is -0.520. The van der Waals surface area contributed by atoms with E-state index in [0.29, 0.717) is 19.5 Å². The molecule has 0 aliphatic carbocycles. The van der Waals surface area contributed by atoms with Gasteiger partial charge < -0.3 is 20.5 Å². The van der Waals surface area contributed by atoms with Crippen LogP contribution in [0.5, 0.6) is 0 Å². The number of aliphatic hydroxyl groups excluding tert-OH is 1. The number of carbonyl (C=O) groups excluding carboxylic acids is 1. The Balaban J connectivity index is 0.00000256. The number of rotatable bonds is 1. The summed E-state index contributed by atoms with van der Waals surface area (Å²) in [4.78, 5) is 13.4. The van der Waals surface area contributed by atoms with Gasteiger partial charge in [0.25, 0.3) is 0 Å². The van der Waals surface area contributed by atoms with E-state index >= 15 is 0 Å². The molecule has 0 aromatic rings. The fraction of sp³-hybridized carbons (Fsp3) is 0.909. The first-order chi connectivity index (χ1) is 7.33. The van der Waals surface area contributed by atoms with Crippen molar-refractivity contribution in [2.45, 2.75) is 38.8 Å². The summed E-state index contributed by atoms with van der Waals surface area (Å²) in [7, 11) is 0. The van der Waals surface area contributed by atoms with E-state index in [1.807, 2.05) is 20.8 Å². The molecule has 0 saturated carbocycles. The molecule has 0 spiro atoms. The van der Waals surface area contributed by atoms with Crippen LogP contribution in [-0.2, 0) is 4.74 Å². The maximum absolute atomic E-state index is 11.8. The molecule has 1 fully saturated rings. The lowest BCUT2D eigenvalue weighted by Gasteiger charge is -2.36. The minimum absolute atomic E-state index is 0. The third-order valence-electron chi connectivity index (χ3n) is 2.68. The van der Waals surface area contributed by atoms with Gasteiger partial charge >= 0.3 is 6.09 Å². The van der Waals surface area contributed by atoms with Gasteiger partial charge in [-0.25, -0.2) is 4.79 Å². The van der Waals surface area contributed by atoms with Crippen molar-refractivity contribution < 1.29 is 14.6 Å². The van der Waals surface area contributed by atoms with E-state index in [9.17, 15) is 4.79 Å². The van der Waals surface area contributed by atoms with Crippen molar-refractivity contribution in [2.75, 3.05) is 19.7 Å². The van der Waals surface area contributed by atoms with Crippen LogP contribution in [0.25, 0.3) is 0 Å². The van der Waals surface area contributed by atoms with Crippen molar-refractivity contribution in [1.29, 1.82) is 0 Å². The van der Waals surface area contributed by atoms with Crippen molar-refractivity contribution in [1.82, 2.24) is 4.90 Å². The Morgan fingerprint density at radius 1 is 1.53 bits per heavy atom. The molecule has 0 aromatic carbocycles. The predicted octanol–water partition coefficient (Wildman–Crippen LogP) is 0.985. The molecule has 5 nitrogen and oxygen atoms in total. The molecular weight excluding hydrogens is 244 g/mol. The van der Waals surface area contributed by atoms with E-state index in [1.54, 1.807) is 4.90 Å². The normalized spacial score (nSPS) is 25.1. The minimum Gasteiger partial charge on any atom is -0.444 e. The maximum atomic E-state index is 11.8. The number of nitrogens with zero attached hydrogens (tertiary/aromatic N) is 1. The van der Waals surface area contributed by atoms with Gasteiger partial charge in [0.15, 0.2) is 0 Å². The van der Waals surface area contributed by atoms with Crippen molar-refractivity contribution in [2.24, 2.45) is 11.7 Å². The van der Waals surface area contributed by atoms with Gasteiger partial charge in [0.1, 0.15) is 5.60 Å². The third kappa shape index (κ3) is 5.10. The monoisotopic (exact) mass is 266 g/mol. The molecule has 0 aromatic heterocycles. The van der Waals surface area contributed by atoms with Crippen LogP contribution in [-0.4, -0.2) is 47.4 Å². The molecule has 0 unspecified atom stereocenters. The Morgan fingerprint density at radius 2 is 2.12 bits per heavy atom. The van der Waals surface area contributed by atoms with Gasteiger partial charge in [0.05, 0.1) is 0 Å². The smallest absolute Gasteiger partial charge is 0.410 e. The van der Waals surface area contributed by atoms with Gasteiger partial charge in [-0.05, 0) is 27.2 Å². The summed E-state index contributed by atoms with van der Waals surface area (Å²) >= 11 is 0. The summed E-state index contributed by atoms with van der Waals surface area (Å²) in [5.74, 6) is -0.0405. The number of halogens is 1. The average Bonchev–Trinajstić information content (AvgIpc) is 2.15. The Morgan fingerprint density at radius 3 is 2.59 bits per heavy atom. The topological polar surface area (TPSA) is 75.8 Å². The Kier molecular flexibility index (Phi) is 6.23. The van der Waals surface area contributed by atoms with E-state index in [0.717, 1.165) is 0 Å². The summed E-state index contributed by atoms with van der Waals surface area (Å²) in [6.07, 6.45) is 0.391. The molecule has 1 aliphatic rings. The second kappa shape index (κ2) is 6.42. The lowest BCUT2D eigenvalue weighted by atomic mass is 9.94. The van der Waals surface area contributed by atoms with E-state index < -0.39 is 5.60 Å². The maximum Gasteiger partial charge on any atom is 0.410 e. The lowest BCUT2D eigenvalue weighted by Crippen LogP contribution is -2.51. The second-order valence-corrected chi connectivity index (χ2v) is 5.32. The molecule has 0 radical (unpaired) electrons. The number of likely N-dealkylation sites (tertiary alicyclic amines) is 1. The zero-order valence-electron chi connectivity index (χ0n) is 10.7. The summed E-state index contributed by atoms with van der Waals surface area (Å²) in [6.45, 7) is 6.61. The van der Waals surface area contributed by atoms with E-state index in [-0.39, 0.29) is 37.1 Å². The quantitative estimate of drug-likeness (QED) is 0.742. The molecule has 1 heterocycles. The standard InChI is InChI=1S/C11H22N2O3.ClH/c1-11(2,3)16-10(15)13-5-4-9(12)8(6-13)7-14;/h8-9,14H,4-7,12H2,1-3H3;1H/t8-,9-;/m1./s1. The van der Waals surface area contributed by atoms with Crippen LogP contribution in [0.15, 0.2) is 0 Å². The highest BCUT2D eigenvalue weighted by Crippen LogP contribution is 2.18. The zero-order chi connectivity index (χ0) is 12.3. The SMILES string of the molecule is CC(C)(C)OC(=O)N1CC[C@@H](N)[C@@H](CO)C1.Cl. The summed E-state index contributed by atoms with van der Waals surface area (Å²) in [5.41, 5.74) is 5.36. The second-order valence-electron chi connectivity index (χ2n) is 5.32. The highest BCUT2D eigenvalue weighted by atomic mass is 35.5. The molecule has 102 valence electrons. The first kappa shape index (κ1) is 16.5. The van der Waals surface area contributed by atoms with Gasteiger partial charge in [-0.3, -0.25) is 0 Å². The van der Waals surface area contributed by atoms with Gasteiger partial charge in [-0.15, -0.1) is 12.4 Å². The minimum atomic E-state index is -0.481. The lowest BCUT2D eigenvalue weighted by molar-refractivity contribution is 0.0107. The number of nitrogens with two attached hydrogens (primary N) is 1. The highest BCUT2D eigenvalue weighted by Gasteiger charge is 2.31. The zero-order valence-corrected chi connectivity index (χ0v) is 11.5. The molecule has 17 heavy (non-hydrogen) atoms. The number of hydrogen-bond acceptors (Lipinski definition) is 4. The number of hydrogen-bond donors (Lipinski definition) is 2. The fourth-order valence-corrected chi connectivity index (χ4v) is 1.74. The Bertz CT molecular complexity index is 256. The van der Waals surface area contributed by atoms with Crippen LogP contribution >= 0.6 is 12.4 Å². The molecule has 1 amide bonds. The Labute approximate surface area is 109 Å².